The summed E-state index contributed by atoms with van der Waals surface area (Å²) in [5, 5.41) is 2.98. The molecular weight excluding hydrogens is 438 g/mol. The van der Waals surface area contributed by atoms with Gasteiger partial charge in [0.15, 0.2) is 0 Å². The van der Waals surface area contributed by atoms with Crippen molar-refractivity contribution in [1.82, 2.24) is 14.5 Å². The lowest BCUT2D eigenvalue weighted by atomic mass is 10.1. The first kappa shape index (κ1) is 23.9. The van der Waals surface area contributed by atoms with Crippen LogP contribution in [0.2, 0.25) is 0 Å². The van der Waals surface area contributed by atoms with E-state index in [9.17, 15) is 13.2 Å². The highest BCUT2D eigenvalue weighted by Crippen LogP contribution is 2.22. The number of carbonyl (C=O) groups is 1. The van der Waals surface area contributed by atoms with Crippen LogP contribution in [0.4, 0.5) is 0 Å². The summed E-state index contributed by atoms with van der Waals surface area (Å²) >= 11 is 0. The monoisotopic (exact) mass is 471 g/mol. The number of benzene rings is 2. The number of hydrogen-bond donors (Lipinski definition) is 1. The molecule has 2 heterocycles. The van der Waals surface area contributed by atoms with Crippen molar-refractivity contribution in [3.05, 3.63) is 65.2 Å². The highest BCUT2D eigenvalue weighted by Gasteiger charge is 2.32. The number of morpholine rings is 1. The van der Waals surface area contributed by atoms with Crippen molar-refractivity contribution in [2.45, 2.75) is 56.9 Å². The van der Waals surface area contributed by atoms with Crippen LogP contribution in [0.3, 0.4) is 0 Å². The van der Waals surface area contributed by atoms with Gasteiger partial charge in [-0.05, 0) is 75.2 Å². The van der Waals surface area contributed by atoms with Crippen molar-refractivity contribution < 1.29 is 17.9 Å². The molecule has 2 atom stereocenters. The molecule has 0 saturated carbocycles. The Morgan fingerprint density at radius 3 is 2.21 bits per heavy atom. The van der Waals surface area contributed by atoms with Crippen LogP contribution in [0.5, 0.6) is 0 Å². The van der Waals surface area contributed by atoms with Gasteiger partial charge in [0.25, 0.3) is 5.91 Å². The molecule has 2 aliphatic rings. The Kier molecular flexibility index (Phi) is 7.48. The number of sulfonamides is 1. The summed E-state index contributed by atoms with van der Waals surface area (Å²) in [6.45, 7) is 7.97. The summed E-state index contributed by atoms with van der Waals surface area (Å²) in [6, 6.07) is 14.4. The van der Waals surface area contributed by atoms with E-state index in [1.807, 2.05) is 32.0 Å². The smallest absolute Gasteiger partial charge is 0.251 e. The lowest BCUT2D eigenvalue weighted by Gasteiger charge is -2.34. The molecule has 0 aliphatic carbocycles. The zero-order valence-corrected chi connectivity index (χ0v) is 20.2. The van der Waals surface area contributed by atoms with Crippen LogP contribution in [0.15, 0.2) is 53.4 Å². The Morgan fingerprint density at radius 2 is 1.58 bits per heavy atom. The van der Waals surface area contributed by atoms with E-state index in [-0.39, 0.29) is 23.0 Å². The summed E-state index contributed by atoms with van der Waals surface area (Å²) in [5.74, 6) is -0.219. The third-order valence-electron chi connectivity index (χ3n) is 6.29. The van der Waals surface area contributed by atoms with Crippen LogP contribution in [0.1, 0.15) is 48.2 Å². The van der Waals surface area contributed by atoms with Gasteiger partial charge in [-0.15, -0.1) is 0 Å². The topological polar surface area (TPSA) is 79.0 Å². The normalized spacial score (nSPS) is 22.4. The van der Waals surface area contributed by atoms with Crippen LogP contribution < -0.4 is 5.32 Å². The van der Waals surface area contributed by atoms with Crippen molar-refractivity contribution in [2.24, 2.45) is 0 Å². The molecule has 8 heteroatoms. The second-order valence-corrected chi connectivity index (χ2v) is 11.0. The van der Waals surface area contributed by atoms with Gasteiger partial charge in [0.1, 0.15) is 0 Å². The van der Waals surface area contributed by atoms with Gasteiger partial charge in [0.2, 0.25) is 10.0 Å². The van der Waals surface area contributed by atoms with Gasteiger partial charge in [0, 0.05) is 31.7 Å². The van der Waals surface area contributed by atoms with Gasteiger partial charge in [-0.3, -0.25) is 9.69 Å². The van der Waals surface area contributed by atoms with Crippen LogP contribution in [0, 0.1) is 0 Å². The number of rotatable bonds is 7. The van der Waals surface area contributed by atoms with Crippen LogP contribution in [0.25, 0.3) is 0 Å². The molecule has 1 N–H and O–H groups in total. The number of carbonyl (C=O) groups excluding carboxylic acids is 1. The van der Waals surface area contributed by atoms with Crippen LogP contribution in [-0.2, 0) is 27.8 Å². The lowest BCUT2D eigenvalue weighted by Crippen LogP contribution is -2.48. The van der Waals surface area contributed by atoms with E-state index < -0.39 is 10.0 Å². The van der Waals surface area contributed by atoms with Crippen molar-refractivity contribution in [1.29, 1.82) is 0 Å². The molecule has 0 spiro atoms. The van der Waals surface area contributed by atoms with E-state index >= 15 is 0 Å². The SMILES string of the molecule is C[C@@H]1CN(S(=O)(=O)c2ccc(C(=O)NCc3ccccc3CN3CCCC3)cc2)C[C@H](C)O1. The standard InChI is InChI=1S/C25H33N3O4S/c1-19-16-28(17-20(2)32-19)33(30,31)24-11-9-21(10-12-24)25(29)26-15-22-7-3-4-8-23(22)18-27-13-5-6-14-27/h3-4,7-12,19-20H,5-6,13-18H2,1-2H3,(H,26,29)/t19-,20+. The molecule has 2 aromatic carbocycles. The molecule has 33 heavy (non-hydrogen) atoms. The number of nitrogens with one attached hydrogen (secondary N) is 1. The van der Waals surface area contributed by atoms with Gasteiger partial charge in [0.05, 0.1) is 17.1 Å². The molecule has 2 aliphatic heterocycles. The molecule has 4 rings (SSSR count). The van der Waals surface area contributed by atoms with E-state index in [2.05, 4.69) is 16.3 Å². The van der Waals surface area contributed by atoms with Crippen LogP contribution >= 0.6 is 0 Å². The van der Waals surface area contributed by atoms with Crippen molar-refractivity contribution >= 4 is 15.9 Å². The second-order valence-electron chi connectivity index (χ2n) is 9.04. The molecule has 0 unspecified atom stereocenters. The summed E-state index contributed by atoms with van der Waals surface area (Å²) < 4.78 is 33.1. The Morgan fingerprint density at radius 1 is 0.970 bits per heavy atom. The van der Waals surface area contributed by atoms with Gasteiger partial charge >= 0.3 is 0 Å². The number of ether oxygens (including phenoxy) is 1. The molecule has 2 aromatic rings. The van der Waals surface area contributed by atoms with Gasteiger partial charge < -0.3 is 10.1 Å². The Bertz CT molecular complexity index is 1060. The van der Waals surface area contributed by atoms with Crippen molar-refractivity contribution in [2.75, 3.05) is 26.2 Å². The fourth-order valence-electron chi connectivity index (χ4n) is 4.60. The molecule has 0 radical (unpaired) electrons. The molecule has 7 nitrogen and oxygen atoms in total. The summed E-state index contributed by atoms with van der Waals surface area (Å²) in [5.41, 5.74) is 2.78. The summed E-state index contributed by atoms with van der Waals surface area (Å²) in [4.78, 5) is 15.4. The average molecular weight is 472 g/mol. The third-order valence-corrected chi connectivity index (χ3v) is 8.14. The minimum Gasteiger partial charge on any atom is -0.373 e. The van der Waals surface area contributed by atoms with Crippen LogP contribution in [-0.4, -0.2) is 61.9 Å². The summed E-state index contributed by atoms with van der Waals surface area (Å²) in [7, 11) is -3.63. The van der Waals surface area contributed by atoms with Crippen molar-refractivity contribution in [3.63, 3.8) is 0 Å². The lowest BCUT2D eigenvalue weighted by molar-refractivity contribution is -0.0440. The van der Waals surface area contributed by atoms with E-state index in [0.717, 1.165) is 25.2 Å². The number of hydrogen-bond acceptors (Lipinski definition) is 5. The van der Waals surface area contributed by atoms with Gasteiger partial charge in [-0.25, -0.2) is 8.42 Å². The van der Waals surface area contributed by atoms with E-state index in [0.29, 0.717) is 25.2 Å². The van der Waals surface area contributed by atoms with E-state index in [1.165, 1.54) is 34.8 Å². The quantitative estimate of drug-likeness (QED) is 0.672. The predicted octanol–water partition coefficient (Wildman–Crippen LogP) is 3.01. The Labute approximate surface area is 196 Å². The molecule has 0 aromatic heterocycles. The van der Waals surface area contributed by atoms with E-state index in [4.69, 9.17) is 4.74 Å². The number of likely N-dealkylation sites (tertiary alicyclic amines) is 1. The molecule has 2 fully saturated rings. The fourth-order valence-corrected chi connectivity index (χ4v) is 6.19. The highest BCUT2D eigenvalue weighted by molar-refractivity contribution is 7.89. The number of nitrogens with zero attached hydrogens (tertiary/aromatic N) is 2. The maximum Gasteiger partial charge on any atom is 0.251 e. The average Bonchev–Trinajstić information content (AvgIpc) is 3.31. The minimum absolute atomic E-state index is 0.151. The molecular formula is C25H33N3O4S. The van der Waals surface area contributed by atoms with Gasteiger partial charge in [-0.2, -0.15) is 4.31 Å². The Balaban J connectivity index is 1.39. The first-order valence-corrected chi connectivity index (χ1v) is 13.1. The zero-order valence-electron chi connectivity index (χ0n) is 19.4. The second kappa shape index (κ2) is 10.3. The predicted molar refractivity (Wildman–Crippen MR) is 127 cm³/mol. The minimum atomic E-state index is -3.63. The highest BCUT2D eigenvalue weighted by atomic mass is 32.2. The zero-order chi connectivity index (χ0) is 23.4. The third kappa shape index (κ3) is 5.81. The fraction of sp³-hybridized carbons (Fsp3) is 0.480. The maximum atomic E-state index is 13.0. The molecule has 178 valence electrons. The van der Waals surface area contributed by atoms with Crippen molar-refractivity contribution in [3.8, 4) is 0 Å². The first-order valence-electron chi connectivity index (χ1n) is 11.7. The number of amides is 1. The largest absolute Gasteiger partial charge is 0.373 e. The maximum absolute atomic E-state index is 13.0. The first-order chi connectivity index (χ1) is 15.8. The molecule has 2 saturated heterocycles. The van der Waals surface area contributed by atoms with E-state index in [1.54, 1.807) is 12.1 Å². The molecule has 1 amide bonds. The Hall–Kier alpha value is -2.26. The summed E-state index contributed by atoms with van der Waals surface area (Å²) in [6.07, 6.45) is 2.19. The van der Waals surface area contributed by atoms with Gasteiger partial charge in [-0.1, -0.05) is 24.3 Å². The molecule has 0 bridgehead atoms.